The quantitative estimate of drug-likeness (QED) is 0.184. The maximum Gasteiger partial charge on any atom is 0.437 e. The average Bonchev–Trinajstić information content (AvgIpc) is 3.67. The Bertz CT molecular complexity index is 2180. The zero-order valence-corrected chi connectivity index (χ0v) is 30.9. The van der Waals surface area contributed by atoms with Gasteiger partial charge in [-0.3, -0.25) is 0 Å². The molecule has 1 aromatic heterocycles. The van der Waals surface area contributed by atoms with E-state index in [-0.39, 0.29) is 17.6 Å². The van der Waals surface area contributed by atoms with Crippen molar-refractivity contribution >= 4 is 22.8 Å². The summed E-state index contributed by atoms with van der Waals surface area (Å²) >= 11 is 0. The molecule has 1 atom stereocenters. The minimum Gasteiger partial charge on any atom is -0.465 e. The SMILES string of the molecule is CCCCn1c(/C=C/C2=CC(=C/C=C/C3=C(C#N)C(=C(C#N)C#N)OC3(c3ccccc3)C(F)(F)F)/CC(C)(C)C2)nc2ccc(N(CC)CCO)cc21. The number of likely N-dealkylation sites (N-methyl/N-ethyl adjacent to an activating group) is 1. The van der Waals surface area contributed by atoms with Crippen molar-refractivity contribution in [3.8, 4) is 18.2 Å². The van der Waals surface area contributed by atoms with E-state index in [9.17, 15) is 20.9 Å². The minimum absolute atomic E-state index is 0.0612. The lowest BCUT2D eigenvalue weighted by atomic mass is 9.75. The van der Waals surface area contributed by atoms with E-state index < -0.39 is 34.3 Å². The van der Waals surface area contributed by atoms with Gasteiger partial charge in [-0.05, 0) is 67.0 Å². The Labute approximate surface area is 314 Å². The van der Waals surface area contributed by atoms with Crippen LogP contribution in [0.2, 0.25) is 0 Å². The van der Waals surface area contributed by atoms with Gasteiger partial charge in [-0.15, -0.1) is 0 Å². The average molecular weight is 733 g/mol. The summed E-state index contributed by atoms with van der Waals surface area (Å²) in [5.74, 6) is 0.117. The normalized spacial score (nSPS) is 19.2. The van der Waals surface area contributed by atoms with Gasteiger partial charge in [0.25, 0.3) is 5.60 Å². The number of hydrogen-bond acceptors (Lipinski definition) is 7. The van der Waals surface area contributed by atoms with Gasteiger partial charge >= 0.3 is 6.18 Å². The Morgan fingerprint density at radius 2 is 1.78 bits per heavy atom. The number of aromatic nitrogens is 2. The van der Waals surface area contributed by atoms with Gasteiger partial charge in [-0.2, -0.15) is 29.0 Å². The molecule has 1 unspecified atom stereocenters. The zero-order chi connectivity index (χ0) is 39.1. The summed E-state index contributed by atoms with van der Waals surface area (Å²) in [5.41, 5.74) is -0.524. The first-order valence-electron chi connectivity index (χ1n) is 18.0. The molecule has 1 aliphatic carbocycles. The summed E-state index contributed by atoms with van der Waals surface area (Å²) < 4.78 is 53.3. The summed E-state index contributed by atoms with van der Waals surface area (Å²) in [7, 11) is 0. The number of rotatable bonds is 12. The third-order valence-electron chi connectivity index (χ3n) is 9.64. The van der Waals surface area contributed by atoms with E-state index in [4.69, 9.17) is 9.72 Å². The number of fused-ring (bicyclic) bond motifs is 1. The van der Waals surface area contributed by atoms with E-state index in [0.717, 1.165) is 66.0 Å². The molecule has 0 bridgehead atoms. The number of allylic oxidation sites excluding steroid dienone is 8. The van der Waals surface area contributed by atoms with Gasteiger partial charge in [-0.1, -0.05) is 87.9 Å². The summed E-state index contributed by atoms with van der Waals surface area (Å²) in [6.45, 7) is 10.6. The Morgan fingerprint density at radius 3 is 2.41 bits per heavy atom. The van der Waals surface area contributed by atoms with Crippen molar-refractivity contribution in [2.75, 3.05) is 24.6 Å². The van der Waals surface area contributed by atoms with Crippen LogP contribution < -0.4 is 4.90 Å². The molecule has 8 nitrogen and oxygen atoms in total. The van der Waals surface area contributed by atoms with Crippen LogP contribution in [-0.4, -0.2) is 40.5 Å². The summed E-state index contributed by atoms with van der Waals surface area (Å²) in [5, 5.41) is 38.7. The molecule has 278 valence electrons. The van der Waals surface area contributed by atoms with Gasteiger partial charge in [0.2, 0.25) is 0 Å². The van der Waals surface area contributed by atoms with Crippen LogP contribution in [-0.2, 0) is 16.9 Å². The topological polar surface area (TPSA) is 122 Å². The highest BCUT2D eigenvalue weighted by molar-refractivity contribution is 5.82. The number of ether oxygens (including phenoxy) is 1. The molecular formula is C43H43F3N6O2. The van der Waals surface area contributed by atoms with Crippen LogP contribution in [0.15, 0.2) is 113 Å². The molecule has 1 N–H and O–H groups in total. The first kappa shape index (κ1) is 39.4. The van der Waals surface area contributed by atoms with Gasteiger partial charge in [-0.25, -0.2) is 4.98 Å². The Kier molecular flexibility index (Phi) is 12.0. The van der Waals surface area contributed by atoms with Crippen molar-refractivity contribution in [3.05, 3.63) is 124 Å². The van der Waals surface area contributed by atoms with Crippen molar-refractivity contribution in [1.29, 1.82) is 15.8 Å². The number of nitriles is 3. The number of benzene rings is 2. The lowest BCUT2D eigenvalue weighted by Crippen LogP contribution is -2.43. The molecule has 3 aromatic rings. The number of aliphatic hydroxyl groups is 1. The van der Waals surface area contributed by atoms with Crippen molar-refractivity contribution in [3.63, 3.8) is 0 Å². The minimum atomic E-state index is -5.06. The van der Waals surface area contributed by atoms with Crippen LogP contribution in [0.1, 0.15) is 64.8 Å². The maximum atomic E-state index is 15.2. The fourth-order valence-electron chi connectivity index (χ4n) is 7.20. The number of hydrogen-bond donors (Lipinski definition) is 1. The molecule has 11 heteroatoms. The summed E-state index contributed by atoms with van der Waals surface area (Å²) in [4.78, 5) is 7.07. The lowest BCUT2D eigenvalue weighted by molar-refractivity contribution is -0.249. The van der Waals surface area contributed by atoms with Crippen LogP contribution in [0, 0.1) is 39.4 Å². The number of unbranched alkanes of at least 4 members (excludes halogenated alkanes) is 1. The van der Waals surface area contributed by atoms with Crippen molar-refractivity contribution in [1.82, 2.24) is 9.55 Å². The standard InChI is InChI=1S/C43H43F3N6O2/c1-5-7-20-52-38-24-34(51(6-2)21-22-53)17-18-37(38)50-39(52)19-16-31-23-30(25-41(3,4)26-31)12-11-15-36-35(29-49)40(32(27-47)28-48)54-42(36,43(44,45)46)33-13-9-8-10-14-33/h8-19,23-24,53H,5-7,20-22,25-26H2,1-4H3/b15-11+,19-16+,30-12-. The van der Waals surface area contributed by atoms with Crippen molar-refractivity contribution in [2.24, 2.45) is 5.41 Å². The van der Waals surface area contributed by atoms with Crippen LogP contribution in [0.5, 0.6) is 0 Å². The van der Waals surface area contributed by atoms with E-state index in [1.807, 2.05) is 30.4 Å². The molecule has 54 heavy (non-hydrogen) atoms. The fourth-order valence-corrected chi connectivity index (χ4v) is 7.20. The molecule has 0 saturated carbocycles. The second-order valence-electron chi connectivity index (χ2n) is 14.1. The fraction of sp³-hybridized carbons (Fsp3) is 0.349. The van der Waals surface area contributed by atoms with Gasteiger partial charge in [0.15, 0.2) is 11.3 Å². The van der Waals surface area contributed by atoms with Crippen LogP contribution in [0.4, 0.5) is 18.9 Å². The predicted octanol–water partition coefficient (Wildman–Crippen LogP) is 9.51. The molecular weight excluding hydrogens is 690 g/mol. The highest BCUT2D eigenvalue weighted by atomic mass is 19.4. The summed E-state index contributed by atoms with van der Waals surface area (Å²) in [6.07, 6.45) is 8.79. The molecule has 0 spiro atoms. The van der Waals surface area contributed by atoms with Gasteiger partial charge in [0.1, 0.15) is 29.6 Å². The number of anilines is 1. The molecule has 2 aromatic carbocycles. The number of aryl methyl sites for hydroxylation is 1. The molecule has 0 fully saturated rings. The molecule has 0 amide bonds. The van der Waals surface area contributed by atoms with E-state index in [2.05, 4.69) is 43.2 Å². The first-order valence-corrected chi connectivity index (χ1v) is 18.0. The highest BCUT2D eigenvalue weighted by Gasteiger charge is 2.65. The van der Waals surface area contributed by atoms with E-state index in [1.165, 1.54) is 36.4 Å². The molecule has 0 saturated heterocycles. The third kappa shape index (κ3) is 7.90. The first-order chi connectivity index (χ1) is 25.9. The van der Waals surface area contributed by atoms with E-state index >= 15 is 13.2 Å². The highest BCUT2D eigenvalue weighted by Crippen LogP contribution is 2.55. The second-order valence-corrected chi connectivity index (χ2v) is 14.1. The number of imidazole rings is 1. The third-order valence-corrected chi connectivity index (χ3v) is 9.64. The molecule has 5 rings (SSSR count). The Balaban J connectivity index is 1.56. The summed E-state index contributed by atoms with van der Waals surface area (Å²) in [6, 6.07) is 18.0. The number of aliphatic hydroxyl groups excluding tert-OH is 1. The predicted molar refractivity (Wildman–Crippen MR) is 203 cm³/mol. The van der Waals surface area contributed by atoms with Crippen molar-refractivity contribution in [2.45, 2.75) is 71.7 Å². The Hall–Kier alpha value is -5.83. The maximum absolute atomic E-state index is 15.2. The van der Waals surface area contributed by atoms with Crippen LogP contribution >= 0.6 is 0 Å². The zero-order valence-electron chi connectivity index (χ0n) is 30.9. The molecule has 2 heterocycles. The Morgan fingerprint density at radius 1 is 1.04 bits per heavy atom. The van der Waals surface area contributed by atoms with E-state index in [0.29, 0.717) is 13.0 Å². The lowest BCUT2D eigenvalue weighted by Gasteiger charge is -2.33. The second kappa shape index (κ2) is 16.5. The number of alkyl halides is 3. The van der Waals surface area contributed by atoms with Gasteiger partial charge in [0, 0.05) is 36.5 Å². The monoisotopic (exact) mass is 732 g/mol. The van der Waals surface area contributed by atoms with E-state index in [1.54, 1.807) is 30.4 Å². The molecule has 2 aliphatic rings. The number of nitrogens with zero attached hydrogens (tertiary/aromatic N) is 6. The molecule has 0 radical (unpaired) electrons. The van der Waals surface area contributed by atoms with Gasteiger partial charge in [0.05, 0.1) is 17.6 Å². The van der Waals surface area contributed by atoms with Gasteiger partial charge < -0.3 is 19.3 Å². The largest absolute Gasteiger partial charge is 0.465 e. The van der Waals surface area contributed by atoms with Crippen LogP contribution in [0.3, 0.4) is 0 Å². The number of halogens is 3. The van der Waals surface area contributed by atoms with Crippen molar-refractivity contribution < 1.29 is 23.0 Å². The van der Waals surface area contributed by atoms with Crippen LogP contribution in [0.25, 0.3) is 17.1 Å². The smallest absolute Gasteiger partial charge is 0.437 e. The molecule has 1 aliphatic heterocycles.